The van der Waals surface area contributed by atoms with Gasteiger partial charge in [-0.2, -0.15) is 0 Å². The van der Waals surface area contributed by atoms with Crippen LogP contribution in [0.25, 0.3) is 0 Å². The number of fused-ring (bicyclic) bond motifs is 1. The number of esters is 1. The molecule has 0 aromatic rings. The topological polar surface area (TPSA) is 65.0 Å². The quantitative estimate of drug-likeness (QED) is 0.598. The molecule has 5 heteroatoms. The van der Waals surface area contributed by atoms with E-state index in [0.717, 1.165) is 5.57 Å². The lowest BCUT2D eigenvalue weighted by molar-refractivity contribution is -0.154. The molecule has 0 spiro atoms. The Balaban J connectivity index is 2.25. The van der Waals surface area contributed by atoms with Crippen LogP contribution in [0.15, 0.2) is 23.5 Å². The number of rotatable bonds is 4. The summed E-state index contributed by atoms with van der Waals surface area (Å²) in [7, 11) is 1.35. The van der Waals surface area contributed by atoms with Crippen molar-refractivity contribution in [1.29, 1.82) is 0 Å². The number of hydrogen-bond donors (Lipinski definition) is 1. The largest absolute Gasteiger partial charge is 0.471 e. The Kier molecular flexibility index (Phi) is 4.04. The van der Waals surface area contributed by atoms with Gasteiger partial charge in [-0.3, -0.25) is 0 Å². The van der Waals surface area contributed by atoms with Crippen molar-refractivity contribution in [2.75, 3.05) is 20.3 Å². The highest BCUT2D eigenvalue weighted by molar-refractivity contribution is 5.89. The van der Waals surface area contributed by atoms with E-state index in [1.54, 1.807) is 0 Å². The third-order valence-corrected chi connectivity index (χ3v) is 3.45. The molecule has 3 atom stereocenters. The second-order valence-electron chi connectivity index (χ2n) is 4.33. The average Bonchev–Trinajstić information content (AvgIpc) is 2.82. The van der Waals surface area contributed by atoms with E-state index in [1.165, 1.54) is 13.4 Å². The molecular weight excluding hydrogens is 236 g/mol. The number of aliphatic hydroxyl groups excluding tert-OH is 1. The maximum atomic E-state index is 11.7. The van der Waals surface area contributed by atoms with Crippen LogP contribution in [0.1, 0.15) is 13.3 Å². The Morgan fingerprint density at radius 3 is 3.00 bits per heavy atom. The lowest BCUT2D eigenvalue weighted by Crippen LogP contribution is -2.37. The second kappa shape index (κ2) is 5.54. The highest BCUT2D eigenvalue weighted by Gasteiger charge is 2.44. The minimum Gasteiger partial charge on any atom is -0.471 e. The summed E-state index contributed by atoms with van der Waals surface area (Å²) in [6, 6.07) is 0. The number of hydrogen-bond acceptors (Lipinski definition) is 5. The summed E-state index contributed by atoms with van der Waals surface area (Å²) in [5, 5.41) is 9.36. The molecule has 0 fully saturated rings. The van der Waals surface area contributed by atoms with Gasteiger partial charge in [-0.05, 0) is 18.9 Å². The molecule has 1 aliphatic heterocycles. The van der Waals surface area contributed by atoms with Crippen molar-refractivity contribution in [2.45, 2.75) is 19.6 Å². The van der Waals surface area contributed by atoms with Gasteiger partial charge in [-0.1, -0.05) is 6.08 Å². The van der Waals surface area contributed by atoms with Crippen LogP contribution in [0, 0.1) is 11.8 Å². The van der Waals surface area contributed by atoms with Crippen LogP contribution in [0.2, 0.25) is 0 Å². The van der Waals surface area contributed by atoms with Crippen molar-refractivity contribution >= 4 is 5.97 Å². The Morgan fingerprint density at radius 1 is 1.61 bits per heavy atom. The predicted octanol–water partition coefficient (Wildman–Crippen LogP) is 0.991. The van der Waals surface area contributed by atoms with Crippen LogP contribution in [0.5, 0.6) is 0 Å². The predicted molar refractivity (Wildman–Crippen MR) is 63.4 cm³/mol. The number of allylic oxidation sites excluding steroid dienone is 1. The van der Waals surface area contributed by atoms with Crippen molar-refractivity contribution in [2.24, 2.45) is 11.8 Å². The molecule has 0 amide bonds. The fourth-order valence-corrected chi connectivity index (χ4v) is 2.61. The molecule has 1 aliphatic carbocycles. The van der Waals surface area contributed by atoms with Crippen LogP contribution in [-0.2, 0) is 19.0 Å². The first kappa shape index (κ1) is 13.1. The van der Waals surface area contributed by atoms with Crippen LogP contribution < -0.4 is 0 Å². The van der Waals surface area contributed by atoms with Crippen LogP contribution in [-0.4, -0.2) is 37.7 Å². The summed E-state index contributed by atoms with van der Waals surface area (Å²) >= 11 is 0. The molecule has 5 nitrogen and oxygen atoms in total. The number of carbonyl (C=O) groups excluding carboxylic acids is 1. The van der Waals surface area contributed by atoms with Crippen molar-refractivity contribution in [3.63, 3.8) is 0 Å². The maximum Gasteiger partial charge on any atom is 0.337 e. The molecule has 100 valence electrons. The third-order valence-electron chi connectivity index (χ3n) is 3.45. The van der Waals surface area contributed by atoms with E-state index in [2.05, 4.69) is 0 Å². The van der Waals surface area contributed by atoms with E-state index in [-0.39, 0.29) is 24.4 Å². The molecule has 0 aromatic carbocycles. The second-order valence-corrected chi connectivity index (χ2v) is 4.33. The molecule has 0 radical (unpaired) electrons. The minimum absolute atomic E-state index is 0.0232. The highest BCUT2D eigenvalue weighted by Crippen LogP contribution is 2.43. The zero-order valence-corrected chi connectivity index (χ0v) is 10.6. The van der Waals surface area contributed by atoms with E-state index >= 15 is 0 Å². The van der Waals surface area contributed by atoms with E-state index in [1.807, 2.05) is 13.0 Å². The standard InChI is InChI=1S/C13H18O5/c1-3-17-13-11-8(6-14)4-5-9(11)10(7-18-13)12(15)16-2/h4,7,9,11,13-14H,3,5-6H2,1-2H3/t9-,11-,13-/m1/s1. The van der Waals surface area contributed by atoms with E-state index in [9.17, 15) is 9.90 Å². The summed E-state index contributed by atoms with van der Waals surface area (Å²) in [4.78, 5) is 11.7. The molecular formula is C13H18O5. The van der Waals surface area contributed by atoms with Gasteiger partial charge >= 0.3 is 5.97 Å². The van der Waals surface area contributed by atoms with E-state index in [0.29, 0.717) is 18.6 Å². The van der Waals surface area contributed by atoms with Crippen LogP contribution in [0.3, 0.4) is 0 Å². The normalized spacial score (nSPS) is 30.1. The molecule has 2 aliphatic rings. The zero-order valence-electron chi connectivity index (χ0n) is 10.6. The summed E-state index contributed by atoms with van der Waals surface area (Å²) in [6.07, 6.45) is 3.65. The molecule has 1 N–H and O–H groups in total. The average molecular weight is 254 g/mol. The van der Waals surface area contributed by atoms with Crippen molar-refractivity contribution < 1.29 is 24.1 Å². The lowest BCUT2D eigenvalue weighted by atomic mass is 9.83. The smallest absolute Gasteiger partial charge is 0.337 e. The van der Waals surface area contributed by atoms with Gasteiger partial charge in [0.15, 0.2) is 0 Å². The molecule has 0 saturated heterocycles. The monoisotopic (exact) mass is 254 g/mol. The van der Waals surface area contributed by atoms with Gasteiger partial charge in [-0.15, -0.1) is 0 Å². The first-order chi connectivity index (χ1) is 8.72. The number of carbonyl (C=O) groups is 1. The molecule has 0 bridgehead atoms. The Bertz CT molecular complexity index is 385. The molecule has 0 saturated carbocycles. The first-order valence-electron chi connectivity index (χ1n) is 6.08. The highest BCUT2D eigenvalue weighted by atomic mass is 16.7. The fourth-order valence-electron chi connectivity index (χ4n) is 2.61. The van der Waals surface area contributed by atoms with Gasteiger partial charge in [0.2, 0.25) is 6.29 Å². The molecule has 0 aromatic heterocycles. The summed E-state index contributed by atoms with van der Waals surface area (Å²) in [5.74, 6) is -0.508. The fraction of sp³-hybridized carbons (Fsp3) is 0.615. The van der Waals surface area contributed by atoms with Gasteiger partial charge in [0.05, 0.1) is 31.5 Å². The van der Waals surface area contributed by atoms with Crippen molar-refractivity contribution in [3.8, 4) is 0 Å². The van der Waals surface area contributed by atoms with Gasteiger partial charge in [0.25, 0.3) is 0 Å². The minimum atomic E-state index is -0.436. The number of methoxy groups -OCH3 is 1. The summed E-state index contributed by atoms with van der Waals surface area (Å²) in [5.41, 5.74) is 1.38. The molecule has 0 unspecified atom stereocenters. The number of ether oxygens (including phenoxy) is 3. The molecule has 2 rings (SSSR count). The zero-order chi connectivity index (χ0) is 13.1. The van der Waals surface area contributed by atoms with Crippen LogP contribution >= 0.6 is 0 Å². The maximum absolute atomic E-state index is 11.7. The van der Waals surface area contributed by atoms with Crippen molar-refractivity contribution in [1.82, 2.24) is 0 Å². The lowest BCUT2D eigenvalue weighted by Gasteiger charge is -2.34. The van der Waals surface area contributed by atoms with E-state index in [4.69, 9.17) is 14.2 Å². The third kappa shape index (κ3) is 2.15. The van der Waals surface area contributed by atoms with Crippen LogP contribution in [0.4, 0.5) is 0 Å². The van der Waals surface area contributed by atoms with E-state index < -0.39 is 6.29 Å². The SMILES string of the molecule is CCO[C@@H]1OC=C(C(=O)OC)[C@H]2CC=C(CO)[C@@H]12. The summed E-state index contributed by atoms with van der Waals surface area (Å²) in [6.45, 7) is 2.37. The Hall–Kier alpha value is -1.33. The Morgan fingerprint density at radius 2 is 2.39 bits per heavy atom. The molecule has 1 heterocycles. The van der Waals surface area contributed by atoms with Gasteiger partial charge in [0, 0.05) is 12.5 Å². The van der Waals surface area contributed by atoms with Gasteiger partial charge < -0.3 is 19.3 Å². The molecule has 18 heavy (non-hydrogen) atoms. The summed E-state index contributed by atoms with van der Waals surface area (Å²) < 4.78 is 15.7. The van der Waals surface area contributed by atoms with Crippen molar-refractivity contribution in [3.05, 3.63) is 23.5 Å². The Labute approximate surface area is 106 Å². The first-order valence-corrected chi connectivity index (χ1v) is 6.08. The number of aliphatic hydroxyl groups is 1. The van der Waals surface area contributed by atoms with Gasteiger partial charge in [-0.25, -0.2) is 4.79 Å². The van der Waals surface area contributed by atoms with Gasteiger partial charge in [0.1, 0.15) is 0 Å².